The fraction of sp³-hybridized carbons (Fsp3) is 0.333. The highest BCUT2D eigenvalue weighted by molar-refractivity contribution is 6.32. The number of hydrogen-bond acceptors (Lipinski definition) is 4. The van der Waals surface area contributed by atoms with Gasteiger partial charge in [-0.3, -0.25) is 10.1 Å². The highest BCUT2D eigenvalue weighted by Gasteiger charge is 2.13. The van der Waals surface area contributed by atoms with E-state index in [2.05, 4.69) is 0 Å². The second-order valence-electron chi connectivity index (χ2n) is 3.03. The fourth-order valence-corrected chi connectivity index (χ4v) is 1.23. The molecule has 1 unspecified atom stereocenters. The third-order valence-corrected chi connectivity index (χ3v) is 2.09. The maximum atomic E-state index is 10.5. The topological polar surface area (TPSA) is 78.4 Å². The van der Waals surface area contributed by atoms with Crippen LogP contribution in [-0.4, -0.2) is 17.6 Å². The molecule has 0 aliphatic rings. The standard InChI is InChI=1S/C9H11ClN2O3/c1-6(5-11)15-7-2-3-9(12(13)14)8(10)4-7/h2-4,6H,5,11H2,1H3. The number of nitrogens with two attached hydrogens (primary N) is 1. The maximum absolute atomic E-state index is 10.5. The van der Waals surface area contributed by atoms with Crippen LogP contribution in [0.3, 0.4) is 0 Å². The molecule has 2 N–H and O–H groups in total. The lowest BCUT2D eigenvalue weighted by Crippen LogP contribution is -2.22. The van der Waals surface area contributed by atoms with E-state index >= 15 is 0 Å². The van der Waals surface area contributed by atoms with Crippen molar-refractivity contribution in [3.8, 4) is 5.75 Å². The monoisotopic (exact) mass is 230 g/mol. The molecule has 0 saturated heterocycles. The van der Waals surface area contributed by atoms with Crippen molar-refractivity contribution < 1.29 is 9.66 Å². The Morgan fingerprint density at radius 3 is 2.80 bits per heavy atom. The zero-order valence-electron chi connectivity index (χ0n) is 8.14. The number of ether oxygens (including phenoxy) is 1. The maximum Gasteiger partial charge on any atom is 0.288 e. The Labute approximate surface area is 91.9 Å². The van der Waals surface area contributed by atoms with Gasteiger partial charge in [0.15, 0.2) is 0 Å². The van der Waals surface area contributed by atoms with Crippen LogP contribution in [0.25, 0.3) is 0 Å². The second-order valence-corrected chi connectivity index (χ2v) is 3.44. The first-order valence-electron chi connectivity index (χ1n) is 4.35. The van der Waals surface area contributed by atoms with Gasteiger partial charge < -0.3 is 10.5 Å². The van der Waals surface area contributed by atoms with Crippen LogP contribution in [0.4, 0.5) is 5.69 Å². The molecule has 1 aromatic carbocycles. The normalized spacial score (nSPS) is 12.2. The van der Waals surface area contributed by atoms with E-state index in [1.807, 2.05) is 0 Å². The van der Waals surface area contributed by atoms with E-state index in [4.69, 9.17) is 22.1 Å². The Hall–Kier alpha value is -1.33. The Morgan fingerprint density at radius 2 is 2.33 bits per heavy atom. The Balaban J connectivity index is 2.87. The van der Waals surface area contributed by atoms with Crippen molar-refractivity contribution >= 4 is 17.3 Å². The summed E-state index contributed by atoms with van der Waals surface area (Å²) in [5.74, 6) is 0.476. The zero-order chi connectivity index (χ0) is 11.4. The highest BCUT2D eigenvalue weighted by Crippen LogP contribution is 2.28. The van der Waals surface area contributed by atoms with Crippen LogP contribution in [-0.2, 0) is 0 Å². The molecule has 15 heavy (non-hydrogen) atoms. The summed E-state index contributed by atoms with van der Waals surface area (Å²) in [6.45, 7) is 2.17. The summed E-state index contributed by atoms with van der Waals surface area (Å²) in [4.78, 5) is 9.93. The second kappa shape index (κ2) is 4.95. The first-order chi connectivity index (χ1) is 7.04. The van der Waals surface area contributed by atoms with Crippen molar-refractivity contribution in [2.45, 2.75) is 13.0 Å². The molecule has 0 aliphatic carbocycles. The predicted octanol–water partition coefficient (Wildman–Crippen LogP) is 1.97. The van der Waals surface area contributed by atoms with Gasteiger partial charge in [-0.15, -0.1) is 0 Å². The minimum absolute atomic E-state index is 0.0571. The molecule has 0 bridgehead atoms. The van der Waals surface area contributed by atoms with Crippen LogP contribution < -0.4 is 10.5 Å². The average Bonchev–Trinajstić information content (AvgIpc) is 2.17. The van der Waals surface area contributed by atoms with E-state index in [0.717, 1.165) is 0 Å². The summed E-state index contributed by atoms with van der Waals surface area (Å²) in [7, 11) is 0. The zero-order valence-corrected chi connectivity index (χ0v) is 8.90. The van der Waals surface area contributed by atoms with E-state index in [-0.39, 0.29) is 16.8 Å². The van der Waals surface area contributed by atoms with Gasteiger partial charge in [-0.1, -0.05) is 11.6 Å². The molecule has 0 radical (unpaired) electrons. The largest absolute Gasteiger partial charge is 0.489 e. The molecule has 0 aliphatic heterocycles. The molecular formula is C9H11ClN2O3. The molecular weight excluding hydrogens is 220 g/mol. The first-order valence-corrected chi connectivity index (χ1v) is 4.73. The predicted molar refractivity (Wildman–Crippen MR) is 57.3 cm³/mol. The van der Waals surface area contributed by atoms with Crippen LogP contribution in [0.5, 0.6) is 5.75 Å². The summed E-state index contributed by atoms with van der Waals surface area (Å²) < 4.78 is 5.35. The van der Waals surface area contributed by atoms with Gasteiger partial charge in [-0.2, -0.15) is 0 Å². The molecule has 0 saturated carbocycles. The molecule has 82 valence electrons. The van der Waals surface area contributed by atoms with Gasteiger partial charge in [0.25, 0.3) is 5.69 Å². The van der Waals surface area contributed by atoms with Gasteiger partial charge in [0.05, 0.1) is 4.92 Å². The van der Waals surface area contributed by atoms with Crippen molar-refractivity contribution in [3.05, 3.63) is 33.3 Å². The van der Waals surface area contributed by atoms with Gasteiger partial charge in [0, 0.05) is 18.7 Å². The lowest BCUT2D eigenvalue weighted by Gasteiger charge is -2.12. The van der Waals surface area contributed by atoms with Crippen molar-refractivity contribution in [2.24, 2.45) is 5.73 Å². The van der Waals surface area contributed by atoms with E-state index in [1.54, 1.807) is 6.92 Å². The molecule has 0 heterocycles. The number of halogens is 1. The Kier molecular flexibility index (Phi) is 3.88. The highest BCUT2D eigenvalue weighted by atomic mass is 35.5. The van der Waals surface area contributed by atoms with Gasteiger partial charge in [-0.05, 0) is 13.0 Å². The minimum atomic E-state index is -0.543. The van der Waals surface area contributed by atoms with Crippen LogP contribution >= 0.6 is 11.6 Å². The van der Waals surface area contributed by atoms with Crippen molar-refractivity contribution in [1.29, 1.82) is 0 Å². The van der Waals surface area contributed by atoms with Gasteiger partial charge in [0.1, 0.15) is 16.9 Å². The van der Waals surface area contributed by atoms with E-state index in [0.29, 0.717) is 12.3 Å². The summed E-state index contributed by atoms with van der Waals surface area (Å²) in [6.07, 6.45) is -0.150. The lowest BCUT2D eigenvalue weighted by atomic mass is 10.3. The van der Waals surface area contributed by atoms with Crippen LogP contribution in [0, 0.1) is 10.1 Å². The third kappa shape index (κ3) is 3.07. The van der Waals surface area contributed by atoms with E-state index in [1.165, 1.54) is 18.2 Å². The molecule has 1 atom stereocenters. The Bertz CT molecular complexity index is 370. The van der Waals surface area contributed by atoms with Crippen molar-refractivity contribution in [2.75, 3.05) is 6.54 Å². The smallest absolute Gasteiger partial charge is 0.288 e. The number of rotatable bonds is 4. The number of nitrogens with zero attached hydrogens (tertiary/aromatic N) is 1. The van der Waals surface area contributed by atoms with Gasteiger partial charge in [-0.25, -0.2) is 0 Å². The van der Waals surface area contributed by atoms with Crippen LogP contribution in [0.1, 0.15) is 6.92 Å². The third-order valence-electron chi connectivity index (χ3n) is 1.79. The first kappa shape index (κ1) is 11.7. The number of nitro groups is 1. The summed E-state index contributed by atoms with van der Waals surface area (Å²) in [5.41, 5.74) is 5.24. The van der Waals surface area contributed by atoms with Gasteiger partial charge in [0.2, 0.25) is 0 Å². The molecule has 1 rings (SSSR count). The summed E-state index contributed by atoms with van der Waals surface area (Å²) >= 11 is 5.70. The van der Waals surface area contributed by atoms with Gasteiger partial charge >= 0.3 is 0 Å². The van der Waals surface area contributed by atoms with E-state index in [9.17, 15) is 10.1 Å². The molecule has 0 amide bonds. The number of benzene rings is 1. The average molecular weight is 231 g/mol. The molecule has 0 spiro atoms. The van der Waals surface area contributed by atoms with Crippen LogP contribution in [0.2, 0.25) is 5.02 Å². The van der Waals surface area contributed by atoms with Crippen molar-refractivity contribution in [3.63, 3.8) is 0 Å². The molecule has 0 aromatic heterocycles. The lowest BCUT2D eigenvalue weighted by molar-refractivity contribution is -0.384. The minimum Gasteiger partial charge on any atom is -0.489 e. The Morgan fingerprint density at radius 1 is 1.67 bits per heavy atom. The molecule has 5 nitrogen and oxygen atoms in total. The number of hydrogen-bond donors (Lipinski definition) is 1. The molecule has 1 aromatic rings. The quantitative estimate of drug-likeness (QED) is 0.634. The molecule has 6 heteroatoms. The summed E-state index contributed by atoms with van der Waals surface area (Å²) in [5, 5.41) is 10.5. The molecule has 0 fully saturated rings. The van der Waals surface area contributed by atoms with Crippen LogP contribution in [0.15, 0.2) is 18.2 Å². The van der Waals surface area contributed by atoms with Crippen molar-refractivity contribution in [1.82, 2.24) is 0 Å². The number of nitro benzene ring substituents is 1. The van der Waals surface area contributed by atoms with E-state index < -0.39 is 4.92 Å². The summed E-state index contributed by atoms with van der Waals surface area (Å²) in [6, 6.07) is 4.21. The fourth-order valence-electron chi connectivity index (χ4n) is 0.989. The SMILES string of the molecule is CC(CN)Oc1ccc([N+](=O)[O-])c(Cl)c1.